The van der Waals surface area contributed by atoms with Gasteiger partial charge in [0.1, 0.15) is 5.82 Å². The molecule has 1 saturated heterocycles. The lowest BCUT2D eigenvalue weighted by Gasteiger charge is -2.38. The maximum Gasteiger partial charge on any atom is 0.151 e. The standard InChI is InChI=1S/C14H21F2N3O/c1-14(2,20)9-18-3-5-19(6-4-18)12-8-10(15)7-11(16)13(12)17/h7-8,20H,3-6,9,17H2,1-2H3. The van der Waals surface area contributed by atoms with Crippen molar-refractivity contribution in [2.24, 2.45) is 0 Å². The van der Waals surface area contributed by atoms with Gasteiger partial charge < -0.3 is 15.7 Å². The number of nitrogen functional groups attached to an aromatic ring is 1. The molecular weight excluding hydrogens is 264 g/mol. The second kappa shape index (κ2) is 5.54. The van der Waals surface area contributed by atoms with Crippen LogP contribution in [0, 0.1) is 11.6 Å². The Balaban J connectivity index is 2.04. The summed E-state index contributed by atoms with van der Waals surface area (Å²) in [5, 5.41) is 9.80. The second-order valence-electron chi connectivity index (χ2n) is 5.90. The van der Waals surface area contributed by atoms with Crippen LogP contribution in [-0.2, 0) is 0 Å². The van der Waals surface area contributed by atoms with Crippen molar-refractivity contribution in [3.8, 4) is 0 Å². The Hall–Kier alpha value is -1.40. The normalized spacial score (nSPS) is 17.6. The van der Waals surface area contributed by atoms with Gasteiger partial charge in [-0.15, -0.1) is 0 Å². The first kappa shape index (κ1) is 15.0. The van der Waals surface area contributed by atoms with E-state index < -0.39 is 17.2 Å². The fourth-order valence-corrected chi connectivity index (χ4v) is 2.53. The van der Waals surface area contributed by atoms with E-state index in [0.717, 1.165) is 19.2 Å². The van der Waals surface area contributed by atoms with Crippen molar-refractivity contribution < 1.29 is 13.9 Å². The Morgan fingerprint density at radius 1 is 1.20 bits per heavy atom. The lowest BCUT2D eigenvalue weighted by Crippen LogP contribution is -2.50. The summed E-state index contributed by atoms with van der Waals surface area (Å²) in [5.41, 5.74) is 5.33. The number of hydrogen-bond acceptors (Lipinski definition) is 4. The summed E-state index contributed by atoms with van der Waals surface area (Å²) >= 11 is 0. The van der Waals surface area contributed by atoms with Gasteiger partial charge in [-0.2, -0.15) is 0 Å². The number of piperazine rings is 1. The zero-order chi connectivity index (χ0) is 14.9. The molecule has 0 bridgehead atoms. The van der Waals surface area contributed by atoms with Gasteiger partial charge in [0.05, 0.1) is 17.0 Å². The Bertz CT molecular complexity index is 480. The Kier molecular flexibility index (Phi) is 4.15. The summed E-state index contributed by atoms with van der Waals surface area (Å²) in [5.74, 6) is -1.34. The molecule has 1 heterocycles. The molecule has 0 saturated carbocycles. The van der Waals surface area contributed by atoms with Gasteiger partial charge in [0.25, 0.3) is 0 Å². The van der Waals surface area contributed by atoms with Crippen molar-refractivity contribution in [3.63, 3.8) is 0 Å². The topological polar surface area (TPSA) is 52.7 Å². The van der Waals surface area contributed by atoms with Crippen molar-refractivity contribution in [3.05, 3.63) is 23.8 Å². The highest BCUT2D eigenvalue weighted by Gasteiger charge is 2.24. The van der Waals surface area contributed by atoms with Crippen LogP contribution in [0.1, 0.15) is 13.8 Å². The van der Waals surface area contributed by atoms with E-state index in [1.165, 1.54) is 6.07 Å². The quantitative estimate of drug-likeness (QED) is 0.825. The number of nitrogens with two attached hydrogens (primary N) is 1. The van der Waals surface area contributed by atoms with Crippen molar-refractivity contribution in [2.45, 2.75) is 19.4 Å². The van der Waals surface area contributed by atoms with Gasteiger partial charge in [-0.3, -0.25) is 4.90 Å². The first-order chi connectivity index (χ1) is 9.26. The third-order valence-corrected chi connectivity index (χ3v) is 3.40. The van der Waals surface area contributed by atoms with E-state index in [0.29, 0.717) is 25.3 Å². The van der Waals surface area contributed by atoms with Crippen molar-refractivity contribution in [1.29, 1.82) is 0 Å². The Morgan fingerprint density at radius 3 is 2.35 bits per heavy atom. The van der Waals surface area contributed by atoms with E-state index in [-0.39, 0.29) is 5.69 Å². The van der Waals surface area contributed by atoms with Crippen LogP contribution in [0.15, 0.2) is 12.1 Å². The third kappa shape index (κ3) is 3.58. The van der Waals surface area contributed by atoms with Gasteiger partial charge in [-0.25, -0.2) is 8.78 Å². The van der Waals surface area contributed by atoms with Crippen LogP contribution in [0.4, 0.5) is 20.2 Å². The van der Waals surface area contributed by atoms with Crippen LogP contribution < -0.4 is 10.6 Å². The number of hydrogen-bond donors (Lipinski definition) is 2. The number of aliphatic hydroxyl groups is 1. The van der Waals surface area contributed by atoms with Gasteiger partial charge in [-0.1, -0.05) is 0 Å². The lowest BCUT2D eigenvalue weighted by molar-refractivity contribution is 0.0345. The highest BCUT2D eigenvalue weighted by molar-refractivity contribution is 5.68. The molecule has 0 aliphatic carbocycles. The zero-order valence-electron chi connectivity index (χ0n) is 11.9. The number of halogens is 2. The molecule has 0 radical (unpaired) electrons. The average Bonchev–Trinajstić information content (AvgIpc) is 2.33. The highest BCUT2D eigenvalue weighted by atomic mass is 19.1. The first-order valence-electron chi connectivity index (χ1n) is 6.70. The minimum Gasteiger partial charge on any atom is -0.395 e. The van der Waals surface area contributed by atoms with E-state index in [2.05, 4.69) is 4.90 Å². The van der Waals surface area contributed by atoms with Gasteiger partial charge >= 0.3 is 0 Å². The molecule has 1 aromatic rings. The maximum absolute atomic E-state index is 13.5. The molecule has 1 aliphatic heterocycles. The maximum atomic E-state index is 13.5. The number of β-amino-alcohol motifs (C(OH)–C–C–N with tert-alkyl or cyclic N) is 1. The number of rotatable bonds is 3. The molecule has 112 valence electrons. The van der Waals surface area contributed by atoms with E-state index in [4.69, 9.17) is 5.73 Å². The monoisotopic (exact) mass is 285 g/mol. The molecule has 0 unspecified atom stereocenters. The molecule has 1 fully saturated rings. The van der Waals surface area contributed by atoms with E-state index in [1.54, 1.807) is 13.8 Å². The SMILES string of the molecule is CC(C)(O)CN1CCN(c2cc(F)cc(F)c2N)CC1. The minimum absolute atomic E-state index is 0.0117. The molecule has 1 aliphatic rings. The predicted molar refractivity (Wildman–Crippen MR) is 75.7 cm³/mol. The van der Waals surface area contributed by atoms with Crippen LogP contribution >= 0.6 is 0 Å². The molecule has 0 atom stereocenters. The number of benzene rings is 1. The van der Waals surface area contributed by atoms with Crippen LogP contribution in [0.2, 0.25) is 0 Å². The van der Waals surface area contributed by atoms with Crippen LogP contribution in [0.25, 0.3) is 0 Å². The van der Waals surface area contributed by atoms with Crippen LogP contribution in [-0.4, -0.2) is 48.3 Å². The summed E-state index contributed by atoms with van der Waals surface area (Å²) in [4.78, 5) is 4.00. The summed E-state index contributed by atoms with van der Waals surface area (Å²) < 4.78 is 26.8. The third-order valence-electron chi connectivity index (χ3n) is 3.40. The molecule has 20 heavy (non-hydrogen) atoms. The van der Waals surface area contributed by atoms with Gasteiger partial charge in [0.2, 0.25) is 0 Å². The summed E-state index contributed by atoms with van der Waals surface area (Å²) in [6.07, 6.45) is 0. The van der Waals surface area contributed by atoms with Crippen molar-refractivity contribution in [1.82, 2.24) is 4.90 Å². The smallest absolute Gasteiger partial charge is 0.151 e. The fraction of sp³-hybridized carbons (Fsp3) is 0.571. The summed E-state index contributed by atoms with van der Waals surface area (Å²) in [6, 6.07) is 2.06. The molecule has 1 aromatic carbocycles. The number of nitrogens with zero attached hydrogens (tertiary/aromatic N) is 2. The first-order valence-corrected chi connectivity index (χ1v) is 6.70. The van der Waals surface area contributed by atoms with Crippen molar-refractivity contribution in [2.75, 3.05) is 43.4 Å². The minimum atomic E-state index is -0.744. The fourth-order valence-electron chi connectivity index (χ4n) is 2.53. The van der Waals surface area contributed by atoms with Crippen LogP contribution in [0.3, 0.4) is 0 Å². The van der Waals surface area contributed by atoms with Crippen LogP contribution in [0.5, 0.6) is 0 Å². The summed E-state index contributed by atoms with van der Waals surface area (Å²) in [7, 11) is 0. The van der Waals surface area contributed by atoms with Crippen molar-refractivity contribution >= 4 is 11.4 Å². The lowest BCUT2D eigenvalue weighted by atomic mass is 10.1. The average molecular weight is 285 g/mol. The Labute approximate surface area is 117 Å². The largest absolute Gasteiger partial charge is 0.395 e. The molecule has 0 amide bonds. The van der Waals surface area contributed by atoms with E-state index in [1.807, 2.05) is 4.90 Å². The number of anilines is 2. The summed E-state index contributed by atoms with van der Waals surface area (Å²) in [6.45, 7) is 6.81. The molecule has 0 aromatic heterocycles. The molecule has 0 spiro atoms. The molecular formula is C14H21F2N3O. The van der Waals surface area contributed by atoms with E-state index >= 15 is 0 Å². The van der Waals surface area contributed by atoms with Gasteiger partial charge in [-0.05, 0) is 19.9 Å². The molecule has 2 rings (SSSR count). The van der Waals surface area contributed by atoms with Gasteiger partial charge in [0, 0.05) is 38.8 Å². The molecule has 6 heteroatoms. The van der Waals surface area contributed by atoms with Gasteiger partial charge in [0.15, 0.2) is 5.82 Å². The van der Waals surface area contributed by atoms with E-state index in [9.17, 15) is 13.9 Å². The molecule has 4 nitrogen and oxygen atoms in total. The highest BCUT2D eigenvalue weighted by Crippen LogP contribution is 2.28. The Morgan fingerprint density at radius 2 is 1.80 bits per heavy atom. The molecule has 3 N–H and O–H groups in total. The second-order valence-corrected chi connectivity index (χ2v) is 5.90. The predicted octanol–water partition coefficient (Wildman–Crippen LogP) is 1.44. The zero-order valence-corrected chi connectivity index (χ0v) is 11.9.